The number of hydrogen-bond acceptors (Lipinski definition) is 2. The minimum Gasteiger partial charge on any atom is -0.478 e. The van der Waals surface area contributed by atoms with Gasteiger partial charge in [-0.1, -0.05) is 0 Å². The van der Waals surface area contributed by atoms with Crippen molar-refractivity contribution in [2.75, 3.05) is 11.9 Å². The zero-order chi connectivity index (χ0) is 13.7. The van der Waals surface area contributed by atoms with Crippen LogP contribution in [0.1, 0.15) is 21.5 Å². The zero-order valence-corrected chi connectivity index (χ0v) is 9.21. The van der Waals surface area contributed by atoms with Gasteiger partial charge in [-0.25, -0.2) is 4.79 Å². The van der Waals surface area contributed by atoms with Crippen LogP contribution in [-0.2, 0) is 17.4 Å². The summed E-state index contributed by atoms with van der Waals surface area (Å²) in [5.74, 6) is -1.94. The highest BCUT2D eigenvalue weighted by atomic mass is 19.4. The predicted octanol–water partition coefficient (Wildman–Crippen LogP) is 1.92. The van der Waals surface area contributed by atoms with E-state index in [9.17, 15) is 22.8 Å². The largest absolute Gasteiger partial charge is 0.478 e. The molecule has 4 nitrogen and oxygen atoms in total. The number of fused-ring (bicyclic) bond motifs is 1. The second-order valence-corrected chi connectivity index (χ2v) is 3.96. The lowest BCUT2D eigenvalue weighted by Gasteiger charge is -2.18. The molecule has 0 aliphatic carbocycles. The van der Waals surface area contributed by atoms with E-state index in [1.165, 1.54) is 7.05 Å². The molecule has 18 heavy (non-hydrogen) atoms. The minimum atomic E-state index is -4.70. The topological polar surface area (TPSA) is 57.6 Å². The fourth-order valence-electron chi connectivity index (χ4n) is 1.97. The molecule has 2 rings (SSSR count). The summed E-state index contributed by atoms with van der Waals surface area (Å²) >= 11 is 0. The van der Waals surface area contributed by atoms with Crippen molar-refractivity contribution in [3.05, 3.63) is 28.8 Å². The smallest absolute Gasteiger partial charge is 0.418 e. The van der Waals surface area contributed by atoms with Crippen LogP contribution in [-0.4, -0.2) is 24.0 Å². The fraction of sp³-hybridized carbons (Fsp3) is 0.273. The molecule has 1 aromatic rings. The molecule has 1 heterocycles. The van der Waals surface area contributed by atoms with Gasteiger partial charge in [0.2, 0.25) is 5.91 Å². The van der Waals surface area contributed by atoms with Gasteiger partial charge in [0.15, 0.2) is 0 Å². The first-order valence-corrected chi connectivity index (χ1v) is 4.96. The molecule has 0 saturated heterocycles. The number of nitrogens with zero attached hydrogens (tertiary/aromatic N) is 1. The number of halogens is 3. The van der Waals surface area contributed by atoms with E-state index in [0.717, 1.165) is 11.0 Å². The van der Waals surface area contributed by atoms with Crippen molar-refractivity contribution in [2.24, 2.45) is 0 Å². The van der Waals surface area contributed by atoms with Crippen molar-refractivity contribution in [2.45, 2.75) is 12.6 Å². The Kier molecular flexibility index (Phi) is 2.57. The van der Waals surface area contributed by atoms with E-state index in [-0.39, 0.29) is 17.7 Å². The Hall–Kier alpha value is -2.05. The maximum atomic E-state index is 12.9. The van der Waals surface area contributed by atoms with Gasteiger partial charge in [-0.3, -0.25) is 4.79 Å². The first kappa shape index (κ1) is 12.4. The van der Waals surface area contributed by atoms with Crippen LogP contribution >= 0.6 is 0 Å². The number of aromatic carboxylic acids is 1. The van der Waals surface area contributed by atoms with Crippen LogP contribution in [0.15, 0.2) is 12.1 Å². The first-order valence-electron chi connectivity index (χ1n) is 4.96. The second kappa shape index (κ2) is 3.72. The number of carboxylic acid groups (broad SMARTS) is 1. The zero-order valence-electron chi connectivity index (χ0n) is 9.21. The van der Waals surface area contributed by atoms with E-state index in [2.05, 4.69) is 0 Å². The number of benzene rings is 1. The van der Waals surface area contributed by atoms with Gasteiger partial charge in [0, 0.05) is 7.05 Å². The molecule has 1 aliphatic heterocycles. The molecular weight excluding hydrogens is 251 g/mol. The van der Waals surface area contributed by atoms with Gasteiger partial charge in [0.1, 0.15) is 0 Å². The quantitative estimate of drug-likeness (QED) is 0.838. The maximum Gasteiger partial charge on any atom is 0.418 e. The Labute approximate surface area is 99.6 Å². The third-order valence-corrected chi connectivity index (χ3v) is 2.79. The van der Waals surface area contributed by atoms with Crippen molar-refractivity contribution in [1.82, 2.24) is 0 Å². The van der Waals surface area contributed by atoms with E-state index >= 15 is 0 Å². The molecule has 1 amide bonds. The van der Waals surface area contributed by atoms with Crippen molar-refractivity contribution in [3.63, 3.8) is 0 Å². The monoisotopic (exact) mass is 259 g/mol. The molecule has 0 spiro atoms. The Bertz CT molecular complexity index is 551. The normalized spacial score (nSPS) is 14.9. The van der Waals surface area contributed by atoms with Crippen LogP contribution in [0.5, 0.6) is 0 Å². The summed E-state index contributed by atoms with van der Waals surface area (Å²) in [5.41, 5.74) is -1.72. The first-order chi connectivity index (χ1) is 8.21. The van der Waals surface area contributed by atoms with Crippen molar-refractivity contribution >= 4 is 17.6 Å². The standard InChI is InChI=1S/C11H8F3NO3/c1-15-8(16)4-5-2-6(10(17)18)3-7(9(5)15)11(12,13)14/h2-3H,4H2,1H3,(H,17,18). The fourth-order valence-corrected chi connectivity index (χ4v) is 1.97. The Morgan fingerprint density at radius 2 is 2.00 bits per heavy atom. The summed E-state index contributed by atoms with van der Waals surface area (Å²) in [5, 5.41) is 8.77. The number of carbonyl (C=O) groups excluding carboxylic acids is 1. The molecule has 0 aromatic heterocycles. The molecule has 0 saturated carbocycles. The molecule has 1 aromatic carbocycles. The highest BCUT2D eigenvalue weighted by Gasteiger charge is 2.40. The third-order valence-electron chi connectivity index (χ3n) is 2.79. The summed E-state index contributed by atoms with van der Waals surface area (Å²) in [6.07, 6.45) is -4.91. The number of carboxylic acids is 1. The average molecular weight is 259 g/mol. The van der Waals surface area contributed by atoms with E-state index in [4.69, 9.17) is 5.11 Å². The number of carbonyl (C=O) groups is 2. The highest BCUT2D eigenvalue weighted by Crippen LogP contribution is 2.42. The Balaban J connectivity index is 2.72. The van der Waals surface area contributed by atoms with E-state index in [1.54, 1.807) is 0 Å². The molecule has 0 atom stereocenters. The van der Waals surface area contributed by atoms with Crippen LogP contribution < -0.4 is 4.90 Å². The van der Waals surface area contributed by atoms with Gasteiger partial charge >= 0.3 is 12.1 Å². The number of amides is 1. The Morgan fingerprint density at radius 1 is 1.39 bits per heavy atom. The SMILES string of the molecule is CN1C(=O)Cc2cc(C(=O)O)cc(C(F)(F)F)c21. The number of rotatable bonds is 1. The molecule has 0 unspecified atom stereocenters. The van der Waals surface area contributed by atoms with Crippen LogP contribution in [0.4, 0.5) is 18.9 Å². The average Bonchev–Trinajstić information content (AvgIpc) is 2.52. The van der Waals surface area contributed by atoms with E-state index in [1.807, 2.05) is 0 Å². The molecule has 0 radical (unpaired) electrons. The number of likely N-dealkylation sites (N-methyl/N-ethyl adjacent to an activating group) is 1. The van der Waals surface area contributed by atoms with Crippen LogP contribution in [0.2, 0.25) is 0 Å². The number of hydrogen-bond donors (Lipinski definition) is 1. The summed E-state index contributed by atoms with van der Waals surface area (Å²) in [6.45, 7) is 0. The molecule has 1 aliphatic rings. The minimum absolute atomic E-state index is 0.0923. The van der Waals surface area contributed by atoms with Gasteiger partial charge in [-0.2, -0.15) is 13.2 Å². The van der Waals surface area contributed by atoms with Gasteiger partial charge < -0.3 is 10.0 Å². The maximum absolute atomic E-state index is 12.9. The van der Waals surface area contributed by atoms with Gasteiger partial charge in [0.05, 0.1) is 23.2 Å². The summed E-state index contributed by atoms with van der Waals surface area (Å²) in [4.78, 5) is 23.1. The van der Waals surface area contributed by atoms with Gasteiger partial charge in [0.25, 0.3) is 0 Å². The molecule has 1 N–H and O–H groups in total. The lowest BCUT2D eigenvalue weighted by Crippen LogP contribution is -2.23. The van der Waals surface area contributed by atoms with Crippen molar-refractivity contribution < 1.29 is 27.9 Å². The lowest BCUT2D eigenvalue weighted by atomic mass is 10.0. The highest BCUT2D eigenvalue weighted by molar-refractivity contribution is 6.03. The summed E-state index contributed by atoms with van der Waals surface area (Å²) < 4.78 is 38.6. The second-order valence-electron chi connectivity index (χ2n) is 3.96. The van der Waals surface area contributed by atoms with Gasteiger partial charge in [-0.05, 0) is 17.7 Å². The molecule has 0 fully saturated rings. The van der Waals surface area contributed by atoms with E-state index < -0.39 is 29.2 Å². The number of anilines is 1. The van der Waals surface area contributed by atoms with Crippen molar-refractivity contribution in [1.29, 1.82) is 0 Å². The van der Waals surface area contributed by atoms with Crippen LogP contribution in [0.25, 0.3) is 0 Å². The van der Waals surface area contributed by atoms with Crippen molar-refractivity contribution in [3.8, 4) is 0 Å². The van der Waals surface area contributed by atoms with E-state index in [0.29, 0.717) is 6.07 Å². The summed E-state index contributed by atoms with van der Waals surface area (Å²) in [7, 11) is 1.24. The number of alkyl halides is 3. The molecular formula is C11H8F3NO3. The molecule has 7 heteroatoms. The summed E-state index contributed by atoms with van der Waals surface area (Å²) in [6, 6.07) is 1.66. The van der Waals surface area contributed by atoms with Gasteiger partial charge in [-0.15, -0.1) is 0 Å². The van der Waals surface area contributed by atoms with Crippen LogP contribution in [0, 0.1) is 0 Å². The molecule has 96 valence electrons. The Morgan fingerprint density at radius 3 is 2.50 bits per heavy atom. The molecule has 0 bridgehead atoms. The third kappa shape index (κ3) is 1.81. The predicted molar refractivity (Wildman–Crippen MR) is 55.5 cm³/mol. The lowest BCUT2D eigenvalue weighted by molar-refractivity contribution is -0.137. The van der Waals surface area contributed by atoms with Crippen LogP contribution in [0.3, 0.4) is 0 Å².